The molecule has 5 heteroatoms. The first-order valence-electron chi connectivity index (χ1n) is 4.12. The molecule has 0 aromatic carbocycles. The van der Waals surface area contributed by atoms with Crippen LogP contribution in [0.4, 0.5) is 0 Å². The van der Waals surface area contributed by atoms with Crippen molar-refractivity contribution < 1.29 is 17.9 Å². The highest BCUT2D eigenvalue weighted by atomic mass is 32.2. The minimum atomic E-state index is -2.90. The molecule has 0 aromatic heterocycles. The quantitative estimate of drug-likeness (QED) is 0.621. The van der Waals surface area contributed by atoms with Crippen molar-refractivity contribution in [1.82, 2.24) is 0 Å². The average Bonchev–Trinajstić information content (AvgIpc) is 1.95. The third-order valence-electron chi connectivity index (χ3n) is 1.55. The molecule has 0 aromatic rings. The molecular weight excluding hydrogens is 192 g/mol. The lowest BCUT2D eigenvalue weighted by Crippen LogP contribution is -2.13. The Morgan fingerprint density at radius 3 is 2.38 bits per heavy atom. The van der Waals surface area contributed by atoms with Crippen LogP contribution in [0.25, 0.3) is 0 Å². The molecule has 1 unspecified atom stereocenters. The van der Waals surface area contributed by atoms with E-state index in [4.69, 9.17) is 4.74 Å². The molecule has 0 amide bonds. The molecular formula is C8H16O4S. The van der Waals surface area contributed by atoms with Gasteiger partial charge < -0.3 is 4.74 Å². The smallest absolute Gasteiger partial charge is 0.302 e. The maximum absolute atomic E-state index is 10.8. The molecule has 0 aliphatic carbocycles. The second-order valence-corrected chi connectivity index (χ2v) is 5.59. The molecule has 78 valence electrons. The molecule has 1 atom stereocenters. The second-order valence-electron chi connectivity index (χ2n) is 3.33. The van der Waals surface area contributed by atoms with Crippen molar-refractivity contribution in [3.8, 4) is 0 Å². The van der Waals surface area contributed by atoms with Gasteiger partial charge in [0.05, 0.1) is 12.4 Å². The average molecular weight is 208 g/mol. The number of hydrogen-bond acceptors (Lipinski definition) is 4. The first-order valence-corrected chi connectivity index (χ1v) is 6.18. The molecule has 0 saturated carbocycles. The summed E-state index contributed by atoms with van der Waals surface area (Å²) in [6.45, 7) is 3.49. The summed E-state index contributed by atoms with van der Waals surface area (Å²) in [5.41, 5.74) is 0. The normalized spacial score (nSPS) is 13.8. The van der Waals surface area contributed by atoms with Crippen LogP contribution in [-0.4, -0.2) is 33.0 Å². The Labute approximate surface area is 79.2 Å². The predicted molar refractivity (Wildman–Crippen MR) is 50.1 cm³/mol. The maximum atomic E-state index is 10.8. The Kier molecular flexibility index (Phi) is 4.98. The summed E-state index contributed by atoms with van der Waals surface area (Å²) < 4.78 is 26.3. The number of ether oxygens (including phenoxy) is 1. The number of rotatable bonds is 5. The largest absolute Gasteiger partial charge is 0.466 e. The van der Waals surface area contributed by atoms with E-state index in [2.05, 4.69) is 0 Å². The zero-order valence-corrected chi connectivity index (χ0v) is 9.06. The van der Waals surface area contributed by atoms with E-state index in [0.29, 0.717) is 13.0 Å². The molecule has 0 bridgehead atoms. The van der Waals surface area contributed by atoms with Crippen molar-refractivity contribution in [2.45, 2.75) is 20.3 Å². The van der Waals surface area contributed by atoms with Gasteiger partial charge in [-0.15, -0.1) is 0 Å². The SMILES string of the molecule is CC(=O)OCC(C)CCS(C)(=O)=O. The predicted octanol–water partition coefficient (Wildman–Crippen LogP) is 0.620. The van der Waals surface area contributed by atoms with Gasteiger partial charge in [0.25, 0.3) is 0 Å². The number of hydrogen-bond donors (Lipinski definition) is 0. The maximum Gasteiger partial charge on any atom is 0.302 e. The Morgan fingerprint density at radius 2 is 2.00 bits per heavy atom. The molecule has 0 aliphatic rings. The number of sulfone groups is 1. The summed E-state index contributed by atoms with van der Waals surface area (Å²) in [5, 5.41) is 0. The Bertz CT molecular complexity index is 255. The van der Waals surface area contributed by atoms with Crippen LogP contribution in [0.3, 0.4) is 0 Å². The Balaban J connectivity index is 3.64. The van der Waals surface area contributed by atoms with Crippen molar-refractivity contribution in [1.29, 1.82) is 0 Å². The van der Waals surface area contributed by atoms with Crippen molar-refractivity contribution in [2.24, 2.45) is 5.92 Å². The van der Waals surface area contributed by atoms with E-state index in [1.807, 2.05) is 6.92 Å². The van der Waals surface area contributed by atoms with Crippen LogP contribution >= 0.6 is 0 Å². The fraction of sp³-hybridized carbons (Fsp3) is 0.875. The van der Waals surface area contributed by atoms with E-state index >= 15 is 0 Å². The van der Waals surface area contributed by atoms with E-state index < -0.39 is 9.84 Å². The molecule has 4 nitrogen and oxygen atoms in total. The zero-order valence-electron chi connectivity index (χ0n) is 8.24. The van der Waals surface area contributed by atoms with Crippen LogP contribution in [0.5, 0.6) is 0 Å². The fourth-order valence-electron chi connectivity index (χ4n) is 0.758. The first-order chi connectivity index (χ1) is 5.81. The van der Waals surface area contributed by atoms with Gasteiger partial charge in [-0.05, 0) is 12.3 Å². The lowest BCUT2D eigenvalue weighted by Gasteiger charge is -2.09. The van der Waals surface area contributed by atoms with Gasteiger partial charge in [-0.1, -0.05) is 6.92 Å². The lowest BCUT2D eigenvalue weighted by molar-refractivity contribution is -0.142. The molecule has 0 rings (SSSR count). The van der Waals surface area contributed by atoms with Gasteiger partial charge >= 0.3 is 5.97 Å². The van der Waals surface area contributed by atoms with E-state index in [1.165, 1.54) is 13.2 Å². The fourth-order valence-corrected chi connectivity index (χ4v) is 1.59. The molecule has 0 radical (unpaired) electrons. The summed E-state index contributed by atoms with van der Waals surface area (Å²) in [6, 6.07) is 0. The van der Waals surface area contributed by atoms with Crippen LogP contribution in [0.1, 0.15) is 20.3 Å². The molecule has 0 fully saturated rings. The summed E-state index contributed by atoms with van der Waals surface area (Å²) in [6.07, 6.45) is 1.73. The topological polar surface area (TPSA) is 60.4 Å². The number of esters is 1. The minimum Gasteiger partial charge on any atom is -0.466 e. The van der Waals surface area contributed by atoms with Gasteiger partial charge in [-0.25, -0.2) is 8.42 Å². The third kappa shape index (κ3) is 9.33. The van der Waals surface area contributed by atoms with Crippen molar-refractivity contribution in [3.63, 3.8) is 0 Å². The van der Waals surface area contributed by atoms with E-state index in [-0.39, 0.29) is 17.6 Å². The highest BCUT2D eigenvalue weighted by Gasteiger charge is 2.08. The summed E-state index contributed by atoms with van der Waals surface area (Å²) >= 11 is 0. The zero-order chi connectivity index (χ0) is 10.5. The lowest BCUT2D eigenvalue weighted by atomic mass is 10.1. The summed E-state index contributed by atoms with van der Waals surface area (Å²) in [7, 11) is -2.90. The van der Waals surface area contributed by atoms with Crippen molar-refractivity contribution >= 4 is 15.8 Å². The summed E-state index contributed by atoms with van der Waals surface area (Å²) in [4.78, 5) is 10.4. The number of carbonyl (C=O) groups excluding carboxylic acids is 1. The van der Waals surface area contributed by atoms with Crippen molar-refractivity contribution in [2.75, 3.05) is 18.6 Å². The molecule has 0 spiro atoms. The Morgan fingerprint density at radius 1 is 1.46 bits per heavy atom. The highest BCUT2D eigenvalue weighted by molar-refractivity contribution is 7.90. The molecule has 0 heterocycles. The standard InChI is InChI=1S/C8H16O4S/c1-7(6-12-8(2)9)4-5-13(3,10)11/h7H,4-6H2,1-3H3. The van der Waals surface area contributed by atoms with Crippen LogP contribution in [0, 0.1) is 5.92 Å². The van der Waals surface area contributed by atoms with E-state index in [1.54, 1.807) is 0 Å². The van der Waals surface area contributed by atoms with Gasteiger partial charge in [0.1, 0.15) is 9.84 Å². The van der Waals surface area contributed by atoms with Gasteiger partial charge in [-0.2, -0.15) is 0 Å². The number of carbonyl (C=O) groups is 1. The molecule has 0 N–H and O–H groups in total. The van der Waals surface area contributed by atoms with Crippen LogP contribution in [0.15, 0.2) is 0 Å². The highest BCUT2D eigenvalue weighted by Crippen LogP contribution is 2.04. The molecule has 13 heavy (non-hydrogen) atoms. The second kappa shape index (κ2) is 5.21. The van der Waals surface area contributed by atoms with Crippen LogP contribution in [0.2, 0.25) is 0 Å². The van der Waals surface area contributed by atoms with E-state index in [0.717, 1.165) is 0 Å². The Hall–Kier alpha value is -0.580. The third-order valence-corrected chi connectivity index (χ3v) is 2.53. The van der Waals surface area contributed by atoms with Gasteiger partial charge in [0, 0.05) is 13.2 Å². The van der Waals surface area contributed by atoms with Gasteiger partial charge in [-0.3, -0.25) is 4.79 Å². The van der Waals surface area contributed by atoms with Crippen LogP contribution < -0.4 is 0 Å². The molecule has 0 saturated heterocycles. The van der Waals surface area contributed by atoms with Gasteiger partial charge in [0.15, 0.2) is 0 Å². The van der Waals surface area contributed by atoms with Gasteiger partial charge in [0.2, 0.25) is 0 Å². The van der Waals surface area contributed by atoms with Crippen molar-refractivity contribution in [3.05, 3.63) is 0 Å². The molecule has 0 aliphatic heterocycles. The van der Waals surface area contributed by atoms with E-state index in [9.17, 15) is 13.2 Å². The summed E-state index contributed by atoms with van der Waals surface area (Å²) in [5.74, 6) is -0.0834. The minimum absolute atomic E-state index is 0.0959. The van der Waals surface area contributed by atoms with Crippen LogP contribution in [-0.2, 0) is 19.4 Å². The monoisotopic (exact) mass is 208 g/mol. The first kappa shape index (κ1) is 12.4.